The summed E-state index contributed by atoms with van der Waals surface area (Å²) >= 11 is 5.24. The summed E-state index contributed by atoms with van der Waals surface area (Å²) in [5.41, 5.74) is 2.32. The minimum absolute atomic E-state index is 0.365. The fraction of sp³-hybridized carbons (Fsp3) is 0.200. The summed E-state index contributed by atoms with van der Waals surface area (Å²) in [4.78, 5) is 0. The highest BCUT2D eigenvalue weighted by Gasteiger charge is 2.11. The van der Waals surface area contributed by atoms with Crippen LogP contribution in [0.3, 0.4) is 0 Å². The molecule has 0 aliphatic heterocycles. The smallest absolute Gasteiger partial charge is 0.216 e. The van der Waals surface area contributed by atoms with Crippen molar-refractivity contribution in [2.75, 3.05) is 14.2 Å². The van der Waals surface area contributed by atoms with Crippen LogP contribution in [0.4, 0.5) is 0 Å². The molecule has 0 amide bonds. The maximum absolute atomic E-state index is 5.34. The van der Waals surface area contributed by atoms with Gasteiger partial charge in [0, 0.05) is 11.3 Å². The molecule has 0 atom stereocenters. The molecular weight excluding hydrogens is 328 g/mol. The molecule has 124 valence electrons. The Kier molecular flexibility index (Phi) is 4.43. The number of methoxy groups -OCH3 is 2. The molecule has 0 aliphatic carbocycles. The van der Waals surface area contributed by atoms with Crippen LogP contribution in [0.25, 0.3) is 11.5 Å². The number of nitrogens with one attached hydrogen (secondary N) is 2. The van der Waals surface area contributed by atoms with E-state index in [4.69, 9.17) is 21.7 Å². The number of nitrogens with zero attached hydrogens (tertiary/aromatic N) is 4. The lowest BCUT2D eigenvalue weighted by Gasteiger charge is -2.06. The minimum atomic E-state index is 0.365. The van der Waals surface area contributed by atoms with Gasteiger partial charge in [0.25, 0.3) is 0 Å². The second kappa shape index (κ2) is 6.67. The molecule has 9 heteroatoms. The van der Waals surface area contributed by atoms with Gasteiger partial charge in [-0.25, -0.2) is 5.10 Å². The Morgan fingerprint density at radius 2 is 2.00 bits per heavy atom. The molecule has 1 aromatic carbocycles. The highest BCUT2D eigenvalue weighted by molar-refractivity contribution is 7.71. The zero-order valence-corrected chi connectivity index (χ0v) is 14.2. The first kappa shape index (κ1) is 15.9. The summed E-state index contributed by atoms with van der Waals surface area (Å²) < 4.78 is 12.4. The van der Waals surface area contributed by atoms with E-state index < -0.39 is 0 Å². The van der Waals surface area contributed by atoms with E-state index in [2.05, 4.69) is 25.5 Å². The van der Waals surface area contributed by atoms with Crippen molar-refractivity contribution in [3.8, 4) is 23.0 Å². The molecule has 0 fully saturated rings. The predicted molar refractivity (Wildman–Crippen MR) is 92.3 cm³/mol. The average molecular weight is 344 g/mol. The van der Waals surface area contributed by atoms with Crippen molar-refractivity contribution in [3.05, 3.63) is 40.3 Å². The van der Waals surface area contributed by atoms with Crippen molar-refractivity contribution in [2.24, 2.45) is 5.10 Å². The molecule has 0 spiro atoms. The van der Waals surface area contributed by atoms with Gasteiger partial charge >= 0.3 is 0 Å². The lowest BCUT2D eigenvalue weighted by atomic mass is 10.2. The minimum Gasteiger partial charge on any atom is -0.497 e. The maximum Gasteiger partial charge on any atom is 0.216 e. The summed E-state index contributed by atoms with van der Waals surface area (Å²) in [5, 5.41) is 18.4. The Bertz CT molecular complexity index is 940. The van der Waals surface area contributed by atoms with E-state index in [0.717, 1.165) is 11.3 Å². The Morgan fingerprint density at radius 3 is 2.67 bits per heavy atom. The highest BCUT2D eigenvalue weighted by atomic mass is 32.1. The van der Waals surface area contributed by atoms with Gasteiger partial charge in [-0.2, -0.15) is 20.0 Å². The van der Waals surface area contributed by atoms with Crippen LogP contribution in [0.5, 0.6) is 11.5 Å². The summed E-state index contributed by atoms with van der Waals surface area (Å²) in [6.07, 6.45) is 1.63. The number of hydrogen-bond donors (Lipinski definition) is 2. The zero-order valence-electron chi connectivity index (χ0n) is 13.4. The van der Waals surface area contributed by atoms with Crippen molar-refractivity contribution < 1.29 is 9.47 Å². The highest BCUT2D eigenvalue weighted by Crippen LogP contribution is 2.23. The standard InChI is InChI=1S/C15H16N6O2S/c1-9-6-12(18-17-9)14-19-20-15(24)21(14)16-8-10-7-11(22-2)4-5-13(10)23-3/h4-8H,1-3H3,(H,17,18)(H,20,24)/b16-8+. The van der Waals surface area contributed by atoms with Crippen LogP contribution in [-0.4, -0.2) is 45.5 Å². The first-order valence-corrected chi connectivity index (χ1v) is 7.49. The van der Waals surface area contributed by atoms with Gasteiger partial charge in [0.15, 0.2) is 0 Å². The quantitative estimate of drug-likeness (QED) is 0.548. The number of ether oxygens (including phenoxy) is 2. The van der Waals surface area contributed by atoms with Crippen molar-refractivity contribution in [1.29, 1.82) is 0 Å². The molecular formula is C15H16N6O2S. The lowest BCUT2D eigenvalue weighted by Crippen LogP contribution is -1.97. The molecule has 2 N–H and O–H groups in total. The lowest BCUT2D eigenvalue weighted by molar-refractivity contribution is 0.402. The van der Waals surface area contributed by atoms with Crippen LogP contribution in [0.15, 0.2) is 29.4 Å². The first-order chi connectivity index (χ1) is 11.6. The van der Waals surface area contributed by atoms with Gasteiger partial charge in [-0.05, 0) is 43.4 Å². The van der Waals surface area contributed by atoms with Crippen LogP contribution in [0.1, 0.15) is 11.3 Å². The van der Waals surface area contributed by atoms with Crippen LogP contribution >= 0.6 is 12.2 Å². The molecule has 0 unspecified atom stereocenters. The number of H-pyrrole nitrogens is 2. The molecule has 0 saturated heterocycles. The third-order valence-electron chi connectivity index (χ3n) is 3.33. The third-order valence-corrected chi connectivity index (χ3v) is 3.60. The number of benzene rings is 1. The van der Waals surface area contributed by atoms with Gasteiger partial charge in [0.1, 0.15) is 17.2 Å². The molecule has 0 aliphatic rings. The molecule has 2 aromatic heterocycles. The van der Waals surface area contributed by atoms with Crippen molar-refractivity contribution in [3.63, 3.8) is 0 Å². The van der Waals surface area contributed by atoms with Gasteiger partial charge in [0.2, 0.25) is 10.6 Å². The van der Waals surface area contributed by atoms with Crippen LogP contribution in [-0.2, 0) is 0 Å². The second-order valence-corrected chi connectivity index (χ2v) is 5.34. The largest absolute Gasteiger partial charge is 0.497 e. The van der Waals surface area contributed by atoms with Crippen LogP contribution < -0.4 is 9.47 Å². The van der Waals surface area contributed by atoms with Crippen LogP contribution in [0, 0.1) is 11.7 Å². The molecule has 3 rings (SSSR count). The fourth-order valence-electron chi connectivity index (χ4n) is 2.16. The Balaban J connectivity index is 2.02. The first-order valence-electron chi connectivity index (χ1n) is 7.08. The van der Waals surface area contributed by atoms with E-state index in [1.54, 1.807) is 20.4 Å². The Hall–Kier alpha value is -2.94. The number of hydrogen-bond acceptors (Lipinski definition) is 6. The third kappa shape index (κ3) is 3.06. The zero-order chi connectivity index (χ0) is 17.1. The van der Waals surface area contributed by atoms with E-state index in [1.807, 2.05) is 31.2 Å². The molecule has 0 saturated carbocycles. The predicted octanol–water partition coefficient (Wildman–Crippen LogP) is 2.54. The van der Waals surface area contributed by atoms with Crippen molar-refractivity contribution in [2.45, 2.75) is 6.92 Å². The summed E-state index contributed by atoms with van der Waals surface area (Å²) in [7, 11) is 3.20. The van der Waals surface area contributed by atoms with Crippen molar-refractivity contribution in [1.82, 2.24) is 25.1 Å². The van der Waals surface area contributed by atoms with Gasteiger partial charge in [-0.3, -0.25) is 5.10 Å². The van der Waals surface area contributed by atoms with Gasteiger partial charge in [-0.1, -0.05) is 0 Å². The number of aryl methyl sites for hydroxylation is 1. The van der Waals surface area contributed by atoms with Crippen molar-refractivity contribution >= 4 is 18.4 Å². The fourth-order valence-corrected chi connectivity index (χ4v) is 2.34. The average Bonchev–Trinajstić information content (AvgIpc) is 3.18. The number of rotatable bonds is 5. The molecule has 8 nitrogen and oxygen atoms in total. The Morgan fingerprint density at radius 1 is 1.17 bits per heavy atom. The second-order valence-electron chi connectivity index (χ2n) is 4.95. The molecule has 24 heavy (non-hydrogen) atoms. The van der Waals surface area contributed by atoms with Gasteiger partial charge < -0.3 is 9.47 Å². The topological polar surface area (TPSA) is 93.1 Å². The maximum atomic E-state index is 5.34. The molecule has 0 radical (unpaired) electrons. The van der Waals surface area contributed by atoms with E-state index in [0.29, 0.717) is 27.8 Å². The van der Waals surface area contributed by atoms with E-state index in [9.17, 15) is 0 Å². The molecule has 3 aromatic rings. The van der Waals surface area contributed by atoms with E-state index in [1.165, 1.54) is 4.68 Å². The summed E-state index contributed by atoms with van der Waals surface area (Å²) in [5.74, 6) is 1.89. The van der Waals surface area contributed by atoms with Gasteiger partial charge in [-0.15, -0.1) is 0 Å². The molecule has 0 bridgehead atoms. The SMILES string of the molecule is COc1ccc(OC)c(/C=N/n2c(-c3cc(C)[nH]n3)n[nH]c2=S)c1. The number of aromatic amines is 2. The Labute approximate surface area is 143 Å². The number of aromatic nitrogens is 5. The normalized spacial score (nSPS) is 11.1. The summed E-state index contributed by atoms with van der Waals surface area (Å²) in [6, 6.07) is 7.32. The molecule has 2 heterocycles. The monoisotopic (exact) mass is 344 g/mol. The van der Waals surface area contributed by atoms with E-state index >= 15 is 0 Å². The van der Waals surface area contributed by atoms with Gasteiger partial charge in [0.05, 0.1) is 20.4 Å². The van der Waals surface area contributed by atoms with Crippen LogP contribution in [0.2, 0.25) is 0 Å². The van der Waals surface area contributed by atoms with E-state index in [-0.39, 0.29) is 0 Å². The summed E-state index contributed by atoms with van der Waals surface area (Å²) in [6.45, 7) is 1.91.